The minimum absolute atomic E-state index is 0.0496. The Bertz CT molecular complexity index is 1310. The van der Waals surface area contributed by atoms with E-state index in [0.29, 0.717) is 29.3 Å². The summed E-state index contributed by atoms with van der Waals surface area (Å²) in [4.78, 5) is 64.5. The van der Waals surface area contributed by atoms with E-state index in [-0.39, 0.29) is 54.0 Å². The van der Waals surface area contributed by atoms with Gasteiger partial charge in [-0.1, -0.05) is 13.0 Å². The highest BCUT2D eigenvalue weighted by molar-refractivity contribution is 6.22. The predicted molar refractivity (Wildman–Crippen MR) is 133 cm³/mol. The van der Waals surface area contributed by atoms with Crippen LogP contribution in [0.15, 0.2) is 42.5 Å². The lowest BCUT2D eigenvalue weighted by molar-refractivity contribution is -0.385. The van der Waals surface area contributed by atoms with E-state index in [1.54, 1.807) is 31.2 Å². The normalized spacial score (nSPS) is 25.4. The maximum Gasteiger partial charge on any atom is 0.316 e. The number of carbonyl (C=O) groups is 4. The Labute approximate surface area is 213 Å². The number of benzene rings is 2. The van der Waals surface area contributed by atoms with Gasteiger partial charge in [0, 0.05) is 24.6 Å². The van der Waals surface area contributed by atoms with Crippen molar-refractivity contribution in [2.24, 2.45) is 23.7 Å². The average molecular weight is 506 g/mol. The molecule has 0 unspecified atom stereocenters. The number of aryl methyl sites for hydroxylation is 1. The molecule has 37 heavy (non-hydrogen) atoms. The maximum atomic E-state index is 12.9. The van der Waals surface area contributed by atoms with Crippen molar-refractivity contribution in [3.63, 3.8) is 0 Å². The zero-order valence-electron chi connectivity index (χ0n) is 20.6. The fourth-order valence-electron chi connectivity index (χ4n) is 5.58. The Morgan fingerprint density at radius 1 is 1.00 bits per heavy atom. The number of nitro groups is 1. The summed E-state index contributed by atoms with van der Waals surface area (Å²) in [7, 11) is 0. The number of nitro benzene ring substituents is 1. The number of amides is 3. The van der Waals surface area contributed by atoms with Crippen LogP contribution in [-0.2, 0) is 19.2 Å². The lowest BCUT2D eigenvalue weighted by Gasteiger charge is -2.25. The van der Waals surface area contributed by atoms with Gasteiger partial charge in [0.1, 0.15) is 5.75 Å². The zero-order chi connectivity index (χ0) is 26.4. The number of imide groups is 1. The Kier molecular flexibility index (Phi) is 6.26. The minimum Gasteiger partial charge on any atom is -0.426 e. The summed E-state index contributed by atoms with van der Waals surface area (Å²) in [5.74, 6) is -1.89. The molecule has 3 fully saturated rings. The molecule has 1 saturated carbocycles. The Morgan fingerprint density at radius 3 is 2.38 bits per heavy atom. The van der Waals surface area contributed by atoms with E-state index in [0.717, 1.165) is 12.8 Å². The van der Waals surface area contributed by atoms with Crippen LogP contribution in [-0.4, -0.2) is 35.2 Å². The number of anilines is 2. The van der Waals surface area contributed by atoms with Crippen LogP contribution in [0.1, 0.15) is 38.2 Å². The quantitative estimate of drug-likeness (QED) is 0.199. The smallest absolute Gasteiger partial charge is 0.316 e. The third-order valence-corrected chi connectivity index (χ3v) is 7.66. The molecule has 0 bridgehead atoms. The molecule has 2 aromatic rings. The molecule has 10 heteroatoms. The van der Waals surface area contributed by atoms with Crippen molar-refractivity contribution >= 4 is 40.8 Å². The molecule has 2 heterocycles. The van der Waals surface area contributed by atoms with Gasteiger partial charge in [-0.25, -0.2) is 0 Å². The summed E-state index contributed by atoms with van der Waals surface area (Å²) in [5.41, 5.74) is 1.18. The van der Waals surface area contributed by atoms with Crippen molar-refractivity contribution in [2.75, 3.05) is 16.3 Å². The van der Waals surface area contributed by atoms with Gasteiger partial charge >= 0.3 is 5.97 Å². The van der Waals surface area contributed by atoms with E-state index in [9.17, 15) is 29.3 Å². The second-order valence-corrected chi connectivity index (χ2v) is 10.2. The van der Waals surface area contributed by atoms with Crippen LogP contribution < -0.4 is 14.5 Å². The van der Waals surface area contributed by atoms with Crippen LogP contribution in [0.3, 0.4) is 0 Å². The molecule has 5 rings (SSSR count). The average Bonchev–Trinajstić information content (AvgIpc) is 3.37. The second kappa shape index (κ2) is 9.42. The van der Waals surface area contributed by atoms with E-state index in [1.807, 2.05) is 0 Å². The van der Waals surface area contributed by atoms with Gasteiger partial charge in [-0.2, -0.15) is 0 Å². The van der Waals surface area contributed by atoms with Crippen LogP contribution in [0.2, 0.25) is 0 Å². The van der Waals surface area contributed by atoms with Crippen LogP contribution >= 0.6 is 0 Å². The van der Waals surface area contributed by atoms with E-state index in [2.05, 4.69) is 6.92 Å². The number of rotatable bonds is 5. The van der Waals surface area contributed by atoms with Crippen LogP contribution in [0, 0.1) is 40.7 Å². The van der Waals surface area contributed by atoms with Crippen molar-refractivity contribution < 1.29 is 28.8 Å². The fraction of sp³-hybridized carbons (Fsp3) is 0.407. The molecule has 3 aliphatic rings. The molecule has 4 atom stereocenters. The van der Waals surface area contributed by atoms with Crippen molar-refractivity contribution in [1.29, 1.82) is 0 Å². The summed E-state index contributed by atoms with van der Waals surface area (Å²) < 4.78 is 5.48. The first-order valence-electron chi connectivity index (χ1n) is 12.4. The SMILES string of the molecule is Cc1ccc(N2C[C@H](C(=O)Oc3ccc(N4C(=O)[C@@H]5CC[C@@H](C)C[C@H]5C4=O)cc3)CC2=O)cc1[N+](=O)[O-]. The number of hydrogen-bond donors (Lipinski definition) is 0. The van der Waals surface area contributed by atoms with Gasteiger partial charge in [0.25, 0.3) is 5.69 Å². The van der Waals surface area contributed by atoms with Crippen molar-refractivity contribution in [3.8, 4) is 5.75 Å². The van der Waals surface area contributed by atoms with Crippen molar-refractivity contribution in [3.05, 3.63) is 58.1 Å². The number of fused-ring (bicyclic) bond motifs is 1. The summed E-state index contributed by atoms with van der Waals surface area (Å²) in [5, 5.41) is 11.3. The zero-order valence-corrected chi connectivity index (χ0v) is 20.6. The van der Waals surface area contributed by atoms with E-state index in [1.165, 1.54) is 28.0 Å². The largest absolute Gasteiger partial charge is 0.426 e. The van der Waals surface area contributed by atoms with Gasteiger partial charge in [0.05, 0.1) is 34.1 Å². The number of carbonyl (C=O) groups excluding carboxylic acids is 4. The van der Waals surface area contributed by atoms with E-state index < -0.39 is 16.8 Å². The third-order valence-electron chi connectivity index (χ3n) is 7.66. The third kappa shape index (κ3) is 4.47. The number of ether oxygens (including phenoxy) is 1. The summed E-state index contributed by atoms with van der Waals surface area (Å²) in [6, 6.07) is 10.7. The lowest BCUT2D eigenvalue weighted by Crippen LogP contribution is -2.30. The molecule has 0 aromatic heterocycles. The molecule has 10 nitrogen and oxygen atoms in total. The first-order chi connectivity index (χ1) is 17.6. The number of esters is 1. The molecular weight excluding hydrogens is 478 g/mol. The monoisotopic (exact) mass is 505 g/mol. The van der Waals surface area contributed by atoms with Gasteiger partial charge < -0.3 is 9.64 Å². The molecule has 3 amide bonds. The number of nitrogens with zero attached hydrogens (tertiary/aromatic N) is 3. The van der Waals surface area contributed by atoms with Crippen molar-refractivity contribution in [2.45, 2.75) is 39.5 Å². The van der Waals surface area contributed by atoms with Gasteiger partial charge in [-0.3, -0.25) is 34.2 Å². The fourth-order valence-corrected chi connectivity index (χ4v) is 5.58. The van der Waals surface area contributed by atoms with Crippen LogP contribution in [0.5, 0.6) is 5.75 Å². The van der Waals surface area contributed by atoms with Crippen molar-refractivity contribution in [1.82, 2.24) is 0 Å². The summed E-state index contributed by atoms with van der Waals surface area (Å²) in [6.07, 6.45) is 2.30. The maximum absolute atomic E-state index is 12.9. The first kappa shape index (κ1) is 24.6. The van der Waals surface area contributed by atoms with Gasteiger partial charge in [-0.05, 0) is 62.4 Å². The molecule has 2 aliphatic heterocycles. The van der Waals surface area contributed by atoms with E-state index in [4.69, 9.17) is 4.74 Å². The Morgan fingerprint density at radius 2 is 1.68 bits per heavy atom. The molecule has 0 spiro atoms. The minimum atomic E-state index is -0.737. The summed E-state index contributed by atoms with van der Waals surface area (Å²) in [6.45, 7) is 3.76. The van der Waals surface area contributed by atoms with Gasteiger partial charge in [0.15, 0.2) is 0 Å². The molecule has 0 N–H and O–H groups in total. The predicted octanol–water partition coefficient (Wildman–Crippen LogP) is 3.79. The highest BCUT2D eigenvalue weighted by atomic mass is 16.6. The molecule has 192 valence electrons. The lowest BCUT2D eigenvalue weighted by atomic mass is 9.76. The van der Waals surface area contributed by atoms with E-state index >= 15 is 0 Å². The molecule has 1 aliphatic carbocycles. The number of hydrogen-bond acceptors (Lipinski definition) is 7. The van der Waals surface area contributed by atoms with Crippen LogP contribution in [0.4, 0.5) is 17.1 Å². The van der Waals surface area contributed by atoms with Crippen LogP contribution in [0.25, 0.3) is 0 Å². The highest BCUT2D eigenvalue weighted by Crippen LogP contribution is 2.42. The van der Waals surface area contributed by atoms with Gasteiger partial charge in [-0.15, -0.1) is 0 Å². The Balaban J connectivity index is 1.25. The van der Waals surface area contributed by atoms with Gasteiger partial charge in [0.2, 0.25) is 17.7 Å². The molecule has 0 radical (unpaired) electrons. The molecule has 2 saturated heterocycles. The molecule has 2 aromatic carbocycles. The standard InChI is InChI=1S/C27H27N3O7/c1-15-3-10-21-22(11-15)26(33)29(25(21)32)18-6-8-20(9-7-18)37-27(34)17-12-24(31)28(14-17)19-5-4-16(2)23(13-19)30(35)36/h4-9,13,15,17,21-22H,3,10-12,14H2,1-2H3/t15-,17-,21-,22-/m1/s1. The second-order valence-electron chi connectivity index (χ2n) is 10.2. The topological polar surface area (TPSA) is 127 Å². The first-order valence-corrected chi connectivity index (χ1v) is 12.4. The molecular formula is C27H27N3O7. The Hall–Kier alpha value is -4.08. The summed E-state index contributed by atoms with van der Waals surface area (Å²) >= 11 is 0. The highest BCUT2D eigenvalue weighted by Gasteiger charge is 2.50.